The summed E-state index contributed by atoms with van der Waals surface area (Å²) in [6.07, 6.45) is 0. The van der Waals surface area contributed by atoms with Gasteiger partial charge in [0.2, 0.25) is 0 Å². The van der Waals surface area contributed by atoms with Crippen LogP contribution in [0.25, 0.3) is 0 Å². The highest BCUT2D eigenvalue weighted by atomic mass is 16.5. The van der Waals surface area contributed by atoms with Gasteiger partial charge < -0.3 is 9.15 Å². The van der Waals surface area contributed by atoms with E-state index in [4.69, 9.17) is 9.15 Å². The normalized spacial score (nSPS) is 14.7. The topological polar surface area (TPSA) is 51.5 Å². The number of carbonyl (C=O) groups is 1. The number of ether oxygens (including phenoxy) is 1. The van der Waals surface area contributed by atoms with Gasteiger partial charge in [0.25, 0.3) is 0 Å². The van der Waals surface area contributed by atoms with E-state index in [2.05, 4.69) is 5.32 Å². The quantitative estimate of drug-likeness (QED) is 0.802. The molecule has 0 aliphatic carbocycles. The minimum atomic E-state index is -0.319. The molecule has 0 amide bonds. The smallest absolute Gasteiger partial charge is 0.323 e. The van der Waals surface area contributed by atoms with Crippen molar-refractivity contribution in [1.82, 2.24) is 5.32 Å². The molecule has 0 aromatic carbocycles. The molecule has 17 heavy (non-hydrogen) atoms. The fourth-order valence-electron chi connectivity index (χ4n) is 1.70. The molecule has 96 valence electrons. The number of rotatable bonds is 5. The average Bonchev–Trinajstić information content (AvgIpc) is 2.71. The summed E-state index contributed by atoms with van der Waals surface area (Å²) in [6, 6.07) is 3.49. The van der Waals surface area contributed by atoms with E-state index in [1.165, 1.54) is 7.11 Å². The minimum Gasteiger partial charge on any atom is -0.468 e. The molecule has 1 aromatic heterocycles. The van der Waals surface area contributed by atoms with Gasteiger partial charge in [-0.15, -0.1) is 0 Å². The van der Waals surface area contributed by atoms with Crippen LogP contribution in [0, 0.1) is 12.8 Å². The van der Waals surface area contributed by atoms with E-state index in [9.17, 15) is 4.79 Å². The Morgan fingerprint density at radius 3 is 2.41 bits per heavy atom. The molecule has 1 aromatic rings. The lowest BCUT2D eigenvalue weighted by molar-refractivity contribution is -0.144. The Labute approximate surface area is 102 Å². The van der Waals surface area contributed by atoms with Crippen molar-refractivity contribution in [2.75, 3.05) is 7.11 Å². The molecule has 0 spiro atoms. The van der Waals surface area contributed by atoms with Gasteiger partial charge in [0.15, 0.2) is 0 Å². The zero-order chi connectivity index (χ0) is 13.0. The highest BCUT2D eigenvalue weighted by Gasteiger charge is 2.25. The average molecular weight is 239 g/mol. The van der Waals surface area contributed by atoms with Crippen LogP contribution in [0.1, 0.15) is 38.3 Å². The number of furan rings is 1. The molecule has 1 unspecified atom stereocenters. The van der Waals surface area contributed by atoms with Gasteiger partial charge in [-0.3, -0.25) is 10.1 Å². The lowest BCUT2D eigenvalue weighted by Gasteiger charge is -2.23. The third-order valence-electron chi connectivity index (χ3n) is 2.74. The van der Waals surface area contributed by atoms with Crippen LogP contribution in [0.3, 0.4) is 0 Å². The molecule has 0 saturated carbocycles. The number of nitrogens with one attached hydrogen (secondary N) is 1. The molecule has 1 rings (SSSR count). The van der Waals surface area contributed by atoms with Crippen LogP contribution in [0.15, 0.2) is 16.5 Å². The zero-order valence-electron chi connectivity index (χ0n) is 11.1. The third kappa shape index (κ3) is 3.60. The van der Waals surface area contributed by atoms with Crippen LogP contribution in [-0.2, 0) is 9.53 Å². The van der Waals surface area contributed by atoms with Crippen molar-refractivity contribution < 1.29 is 13.9 Å². The van der Waals surface area contributed by atoms with Gasteiger partial charge in [0.05, 0.1) is 13.2 Å². The second-order valence-corrected chi connectivity index (χ2v) is 4.58. The first-order valence-corrected chi connectivity index (χ1v) is 5.86. The summed E-state index contributed by atoms with van der Waals surface area (Å²) in [5.41, 5.74) is 0. The molecule has 4 nitrogen and oxygen atoms in total. The summed E-state index contributed by atoms with van der Waals surface area (Å²) in [6.45, 7) is 7.83. The summed E-state index contributed by atoms with van der Waals surface area (Å²) in [4.78, 5) is 11.6. The van der Waals surface area contributed by atoms with Crippen LogP contribution in [0.2, 0.25) is 0 Å². The highest BCUT2D eigenvalue weighted by Crippen LogP contribution is 2.18. The molecule has 0 aliphatic heterocycles. The molecular weight excluding hydrogens is 218 g/mol. The summed E-state index contributed by atoms with van der Waals surface area (Å²) in [5.74, 6) is 1.63. The summed E-state index contributed by atoms with van der Waals surface area (Å²) in [5, 5.41) is 3.23. The van der Waals surface area contributed by atoms with Crippen LogP contribution in [0.4, 0.5) is 0 Å². The van der Waals surface area contributed by atoms with Crippen LogP contribution >= 0.6 is 0 Å². The van der Waals surface area contributed by atoms with Crippen molar-refractivity contribution in [1.29, 1.82) is 0 Å². The van der Waals surface area contributed by atoms with Gasteiger partial charge in [0.1, 0.15) is 17.6 Å². The first kappa shape index (κ1) is 13.8. The maximum absolute atomic E-state index is 11.6. The van der Waals surface area contributed by atoms with Crippen molar-refractivity contribution in [2.24, 2.45) is 5.92 Å². The largest absolute Gasteiger partial charge is 0.468 e. The SMILES string of the molecule is COC(=O)[C@@H](NC(C)c1ccc(C)o1)C(C)C. The monoisotopic (exact) mass is 239 g/mol. The number of hydrogen-bond acceptors (Lipinski definition) is 4. The molecule has 1 N–H and O–H groups in total. The third-order valence-corrected chi connectivity index (χ3v) is 2.74. The molecule has 0 saturated heterocycles. The Morgan fingerprint density at radius 1 is 1.35 bits per heavy atom. The number of methoxy groups -OCH3 is 1. The summed E-state index contributed by atoms with van der Waals surface area (Å²) >= 11 is 0. The fraction of sp³-hybridized carbons (Fsp3) is 0.615. The molecule has 0 bridgehead atoms. The first-order valence-electron chi connectivity index (χ1n) is 5.86. The first-order chi connectivity index (χ1) is 7.95. The predicted octanol–water partition coefficient (Wildman–Crippen LogP) is 2.44. The Balaban J connectivity index is 2.70. The second-order valence-electron chi connectivity index (χ2n) is 4.58. The lowest BCUT2D eigenvalue weighted by Crippen LogP contribution is -2.42. The van der Waals surface area contributed by atoms with E-state index in [0.717, 1.165) is 11.5 Å². The number of esters is 1. The maximum Gasteiger partial charge on any atom is 0.323 e. The Morgan fingerprint density at radius 2 is 2.00 bits per heavy atom. The van der Waals surface area contributed by atoms with Gasteiger partial charge >= 0.3 is 5.97 Å². The Bertz CT molecular complexity index is 370. The highest BCUT2D eigenvalue weighted by molar-refractivity contribution is 5.76. The van der Waals surface area contributed by atoms with Crippen LogP contribution in [0.5, 0.6) is 0 Å². The molecule has 0 fully saturated rings. The molecule has 0 radical (unpaired) electrons. The van der Waals surface area contributed by atoms with Crippen LogP contribution < -0.4 is 5.32 Å². The lowest BCUT2D eigenvalue weighted by atomic mass is 10.0. The van der Waals surface area contributed by atoms with Gasteiger partial charge in [-0.1, -0.05) is 13.8 Å². The van der Waals surface area contributed by atoms with E-state index in [1.54, 1.807) is 0 Å². The molecule has 1 heterocycles. The molecule has 4 heteroatoms. The maximum atomic E-state index is 11.6. The number of aryl methyl sites for hydroxylation is 1. The van der Waals surface area contributed by atoms with E-state index in [1.807, 2.05) is 39.8 Å². The second kappa shape index (κ2) is 5.87. The van der Waals surface area contributed by atoms with Gasteiger partial charge in [0, 0.05) is 0 Å². The van der Waals surface area contributed by atoms with Crippen LogP contribution in [-0.4, -0.2) is 19.1 Å². The standard InChI is InChI=1S/C13H21NO3/c1-8(2)12(13(15)16-5)14-10(4)11-7-6-9(3)17-11/h6-8,10,12,14H,1-5H3/t10?,12-/m0/s1. The van der Waals surface area contributed by atoms with Crippen molar-refractivity contribution in [3.63, 3.8) is 0 Å². The van der Waals surface area contributed by atoms with Gasteiger partial charge in [-0.25, -0.2) is 0 Å². The minimum absolute atomic E-state index is 0.0183. The summed E-state index contributed by atoms with van der Waals surface area (Å²) in [7, 11) is 1.40. The fourth-order valence-corrected chi connectivity index (χ4v) is 1.70. The van der Waals surface area contributed by atoms with E-state index in [0.29, 0.717) is 0 Å². The van der Waals surface area contributed by atoms with Crippen molar-refractivity contribution >= 4 is 5.97 Å². The van der Waals surface area contributed by atoms with E-state index in [-0.39, 0.29) is 24.0 Å². The molecule has 0 aliphatic rings. The zero-order valence-corrected chi connectivity index (χ0v) is 11.1. The molecule has 2 atom stereocenters. The number of carbonyl (C=O) groups excluding carboxylic acids is 1. The van der Waals surface area contributed by atoms with E-state index >= 15 is 0 Å². The van der Waals surface area contributed by atoms with Crippen molar-refractivity contribution in [3.8, 4) is 0 Å². The van der Waals surface area contributed by atoms with Crippen molar-refractivity contribution in [2.45, 2.75) is 39.8 Å². The molecular formula is C13H21NO3. The number of hydrogen-bond donors (Lipinski definition) is 1. The Kier molecular flexibility index (Phi) is 4.75. The van der Waals surface area contributed by atoms with Gasteiger partial charge in [-0.2, -0.15) is 0 Å². The van der Waals surface area contributed by atoms with Crippen molar-refractivity contribution in [3.05, 3.63) is 23.7 Å². The Hall–Kier alpha value is -1.29. The predicted molar refractivity (Wildman–Crippen MR) is 65.6 cm³/mol. The van der Waals surface area contributed by atoms with Gasteiger partial charge in [-0.05, 0) is 31.9 Å². The van der Waals surface area contributed by atoms with E-state index < -0.39 is 0 Å². The summed E-state index contributed by atoms with van der Waals surface area (Å²) < 4.78 is 10.3.